The highest BCUT2D eigenvalue weighted by atomic mass is 32.1. The molecule has 19 heavy (non-hydrogen) atoms. The van der Waals surface area contributed by atoms with E-state index in [4.69, 9.17) is 5.73 Å². The maximum absolute atomic E-state index is 12.3. The Balaban J connectivity index is 1.68. The van der Waals surface area contributed by atoms with E-state index < -0.39 is 0 Å². The van der Waals surface area contributed by atoms with Gasteiger partial charge in [0.05, 0.1) is 4.88 Å². The molecule has 0 aliphatic heterocycles. The molecule has 3 nitrogen and oxygen atoms in total. The molecule has 0 spiro atoms. The van der Waals surface area contributed by atoms with Crippen LogP contribution in [0.25, 0.3) is 0 Å². The summed E-state index contributed by atoms with van der Waals surface area (Å²) in [5.41, 5.74) is 7.49. The van der Waals surface area contributed by atoms with Gasteiger partial charge in [-0.25, -0.2) is 0 Å². The van der Waals surface area contributed by atoms with Gasteiger partial charge in [-0.2, -0.15) is 0 Å². The minimum absolute atomic E-state index is 0.0850. The number of nitrogens with two attached hydrogens (primary N) is 1. The van der Waals surface area contributed by atoms with Crippen LogP contribution in [0.15, 0.2) is 6.07 Å². The van der Waals surface area contributed by atoms with Gasteiger partial charge < -0.3 is 11.1 Å². The fourth-order valence-corrected chi connectivity index (χ4v) is 4.34. The van der Waals surface area contributed by atoms with Crippen molar-refractivity contribution in [2.45, 2.75) is 63.5 Å². The van der Waals surface area contributed by atoms with Gasteiger partial charge in [-0.05, 0) is 50.2 Å². The van der Waals surface area contributed by atoms with Crippen LogP contribution >= 0.6 is 11.3 Å². The molecule has 0 saturated heterocycles. The van der Waals surface area contributed by atoms with Crippen molar-refractivity contribution >= 4 is 17.2 Å². The molecule has 2 aliphatic carbocycles. The molecule has 3 rings (SSSR count). The minimum Gasteiger partial charge on any atom is -0.347 e. The van der Waals surface area contributed by atoms with Gasteiger partial charge in [-0.1, -0.05) is 12.8 Å². The quantitative estimate of drug-likeness (QED) is 0.873. The average Bonchev–Trinajstić information content (AvgIpc) is 2.85. The lowest BCUT2D eigenvalue weighted by Gasteiger charge is -2.29. The third kappa shape index (κ3) is 2.84. The predicted octanol–water partition coefficient (Wildman–Crippen LogP) is 2.63. The summed E-state index contributed by atoms with van der Waals surface area (Å²) in [6.45, 7) is 0. The van der Waals surface area contributed by atoms with E-state index in [1.165, 1.54) is 36.1 Å². The van der Waals surface area contributed by atoms with Crippen molar-refractivity contribution in [2.75, 3.05) is 0 Å². The summed E-state index contributed by atoms with van der Waals surface area (Å²) in [5.74, 6) is 0.0850. The Labute approximate surface area is 118 Å². The van der Waals surface area contributed by atoms with Crippen LogP contribution in [0.4, 0.5) is 0 Å². The maximum atomic E-state index is 12.3. The van der Waals surface area contributed by atoms with Gasteiger partial charge in [0.2, 0.25) is 0 Å². The number of aryl methyl sites for hydroxylation is 2. The van der Waals surface area contributed by atoms with Gasteiger partial charge in [-0.15, -0.1) is 11.3 Å². The van der Waals surface area contributed by atoms with Crippen LogP contribution < -0.4 is 11.1 Å². The molecule has 1 saturated carbocycles. The number of nitrogens with one attached hydrogen (secondary N) is 1. The topological polar surface area (TPSA) is 55.1 Å². The van der Waals surface area contributed by atoms with Crippen LogP contribution in [0.3, 0.4) is 0 Å². The summed E-state index contributed by atoms with van der Waals surface area (Å²) in [6, 6.07) is 2.40. The largest absolute Gasteiger partial charge is 0.347 e. The molecule has 2 aliphatic rings. The predicted molar refractivity (Wildman–Crippen MR) is 78.7 cm³/mol. The summed E-state index contributed by atoms with van der Waals surface area (Å²) in [4.78, 5) is 14.6. The fraction of sp³-hybridized carbons (Fsp3) is 0.667. The Bertz CT molecular complexity index is 445. The first-order chi connectivity index (χ1) is 9.24. The first-order valence-corrected chi connectivity index (χ1v) is 8.24. The molecule has 1 aromatic rings. The van der Waals surface area contributed by atoms with Crippen LogP contribution in [0.1, 0.15) is 58.6 Å². The van der Waals surface area contributed by atoms with Gasteiger partial charge in [0.25, 0.3) is 5.91 Å². The smallest absolute Gasteiger partial charge is 0.261 e. The van der Waals surface area contributed by atoms with E-state index in [0.717, 1.165) is 30.6 Å². The molecule has 3 N–H and O–H groups in total. The fourth-order valence-electron chi connectivity index (χ4n) is 3.18. The molecule has 1 aromatic heterocycles. The molecular weight excluding hydrogens is 256 g/mol. The Morgan fingerprint density at radius 1 is 1.21 bits per heavy atom. The molecule has 104 valence electrons. The van der Waals surface area contributed by atoms with Gasteiger partial charge in [0.1, 0.15) is 0 Å². The lowest BCUT2D eigenvalue weighted by atomic mass is 9.91. The van der Waals surface area contributed by atoms with Crippen LogP contribution in [0.5, 0.6) is 0 Å². The standard InChI is InChI=1S/C15H22N2OS/c16-11-6-2-3-7-12(11)17-15(18)14-9-10-5-1-4-8-13(10)19-14/h9,11-12H,1-8,16H2,(H,17,18). The Kier molecular flexibility index (Phi) is 3.89. The number of fused-ring (bicyclic) bond motifs is 1. The van der Waals surface area contributed by atoms with E-state index in [0.29, 0.717) is 0 Å². The number of carbonyl (C=O) groups excluding carboxylic acids is 1. The van der Waals surface area contributed by atoms with E-state index in [-0.39, 0.29) is 18.0 Å². The van der Waals surface area contributed by atoms with E-state index in [2.05, 4.69) is 11.4 Å². The van der Waals surface area contributed by atoms with E-state index in [1.807, 2.05) is 0 Å². The zero-order valence-electron chi connectivity index (χ0n) is 11.3. The Hall–Kier alpha value is -0.870. The van der Waals surface area contributed by atoms with Crippen molar-refractivity contribution in [1.29, 1.82) is 0 Å². The van der Waals surface area contributed by atoms with Gasteiger partial charge >= 0.3 is 0 Å². The van der Waals surface area contributed by atoms with Crippen molar-refractivity contribution in [1.82, 2.24) is 5.32 Å². The molecular formula is C15H22N2OS. The molecule has 0 bridgehead atoms. The second kappa shape index (κ2) is 5.63. The highest BCUT2D eigenvalue weighted by molar-refractivity contribution is 7.14. The normalized spacial score (nSPS) is 26.8. The average molecular weight is 278 g/mol. The lowest BCUT2D eigenvalue weighted by molar-refractivity contribution is 0.0925. The molecule has 2 atom stereocenters. The van der Waals surface area contributed by atoms with Gasteiger partial charge in [0.15, 0.2) is 0 Å². The van der Waals surface area contributed by atoms with Crippen molar-refractivity contribution < 1.29 is 4.79 Å². The molecule has 2 unspecified atom stereocenters. The number of rotatable bonds is 2. The molecule has 1 heterocycles. The maximum Gasteiger partial charge on any atom is 0.261 e. The summed E-state index contributed by atoms with van der Waals surface area (Å²) in [5, 5.41) is 3.14. The number of thiophene rings is 1. The first kappa shape index (κ1) is 13.1. The van der Waals surface area contributed by atoms with E-state index in [9.17, 15) is 4.79 Å². The third-order valence-corrected chi connectivity index (χ3v) is 5.59. The number of hydrogen-bond acceptors (Lipinski definition) is 3. The molecule has 0 aromatic carbocycles. The summed E-state index contributed by atoms with van der Waals surface area (Å²) in [7, 11) is 0. The molecule has 0 radical (unpaired) electrons. The van der Waals surface area contributed by atoms with Crippen molar-refractivity contribution in [3.05, 3.63) is 21.4 Å². The monoisotopic (exact) mass is 278 g/mol. The number of carbonyl (C=O) groups is 1. The van der Waals surface area contributed by atoms with Crippen LogP contribution in [-0.4, -0.2) is 18.0 Å². The van der Waals surface area contributed by atoms with E-state index >= 15 is 0 Å². The number of hydrogen-bond donors (Lipinski definition) is 2. The van der Waals surface area contributed by atoms with E-state index in [1.54, 1.807) is 11.3 Å². The zero-order valence-corrected chi connectivity index (χ0v) is 12.1. The van der Waals surface area contributed by atoms with Crippen molar-refractivity contribution in [3.8, 4) is 0 Å². The minimum atomic E-state index is 0.0850. The first-order valence-electron chi connectivity index (χ1n) is 7.42. The summed E-state index contributed by atoms with van der Waals surface area (Å²) < 4.78 is 0. The van der Waals surface area contributed by atoms with Crippen LogP contribution in [0.2, 0.25) is 0 Å². The molecule has 1 fully saturated rings. The SMILES string of the molecule is NC1CCCCC1NC(=O)c1cc2c(s1)CCCC2. The van der Waals surface area contributed by atoms with Crippen molar-refractivity contribution in [2.24, 2.45) is 5.73 Å². The summed E-state index contributed by atoms with van der Waals surface area (Å²) in [6.07, 6.45) is 9.25. The van der Waals surface area contributed by atoms with Crippen LogP contribution in [0, 0.1) is 0 Å². The second-order valence-electron chi connectivity index (χ2n) is 5.79. The van der Waals surface area contributed by atoms with Gasteiger partial charge in [-0.3, -0.25) is 4.79 Å². The zero-order chi connectivity index (χ0) is 13.2. The van der Waals surface area contributed by atoms with Crippen molar-refractivity contribution in [3.63, 3.8) is 0 Å². The third-order valence-electron chi connectivity index (χ3n) is 4.36. The second-order valence-corrected chi connectivity index (χ2v) is 6.93. The van der Waals surface area contributed by atoms with Gasteiger partial charge in [0, 0.05) is 17.0 Å². The number of amides is 1. The Morgan fingerprint density at radius 2 is 2.00 bits per heavy atom. The highest BCUT2D eigenvalue weighted by Gasteiger charge is 2.25. The highest BCUT2D eigenvalue weighted by Crippen LogP contribution is 2.30. The Morgan fingerprint density at radius 3 is 2.79 bits per heavy atom. The summed E-state index contributed by atoms with van der Waals surface area (Å²) >= 11 is 1.68. The molecule has 4 heteroatoms. The van der Waals surface area contributed by atoms with Crippen LogP contribution in [-0.2, 0) is 12.8 Å². The lowest BCUT2D eigenvalue weighted by Crippen LogP contribution is -2.49. The molecule has 1 amide bonds.